The van der Waals surface area contributed by atoms with Gasteiger partial charge in [-0.1, -0.05) is 29.3 Å². The molecule has 1 atom stereocenters. The number of rotatable bonds is 6. The summed E-state index contributed by atoms with van der Waals surface area (Å²) in [6.45, 7) is 3.04. The van der Waals surface area contributed by atoms with Crippen molar-refractivity contribution < 1.29 is 15.2 Å². The third-order valence-corrected chi connectivity index (χ3v) is 3.79. The Morgan fingerprint density at radius 2 is 2.14 bits per heavy atom. The van der Waals surface area contributed by atoms with Crippen LogP contribution in [0.5, 0.6) is 0 Å². The number of hydrogen-bond acceptors (Lipinski definition) is 6. The van der Waals surface area contributed by atoms with Gasteiger partial charge in [-0.25, -0.2) is 0 Å². The number of aliphatic hydroxyl groups excluding tert-OH is 1. The average Bonchev–Trinajstić information content (AvgIpc) is 2.48. The van der Waals surface area contributed by atoms with Crippen molar-refractivity contribution in [3.63, 3.8) is 0 Å². The predicted octanol–water partition coefficient (Wildman–Crippen LogP) is 1.55. The summed E-state index contributed by atoms with van der Waals surface area (Å²) in [6.07, 6.45) is 8.03. The van der Waals surface area contributed by atoms with Crippen molar-refractivity contribution in [2.24, 2.45) is 5.16 Å². The first-order valence-electron chi connectivity index (χ1n) is 7.24. The molecule has 0 aliphatic carbocycles. The molecular weight excluding hydrogens is 294 g/mol. The fourth-order valence-corrected chi connectivity index (χ4v) is 2.58. The molecule has 0 aromatic rings. The predicted molar refractivity (Wildman–Crippen MR) is 81.3 cm³/mol. The molecule has 0 unspecified atom stereocenters. The lowest BCUT2D eigenvalue weighted by Gasteiger charge is -2.27. The second-order valence-electron chi connectivity index (χ2n) is 5.32. The summed E-state index contributed by atoms with van der Waals surface area (Å²) in [4.78, 5) is 7.34. The smallest absolute Gasteiger partial charge is 0.173 e. The van der Waals surface area contributed by atoms with E-state index in [1.165, 1.54) is 25.5 Å². The van der Waals surface area contributed by atoms with E-state index in [0.29, 0.717) is 12.1 Å². The van der Waals surface area contributed by atoms with E-state index in [0.717, 1.165) is 18.2 Å². The van der Waals surface area contributed by atoms with E-state index in [-0.39, 0.29) is 18.3 Å². The first kappa shape index (κ1) is 16.3. The number of piperidine rings is 1. The van der Waals surface area contributed by atoms with Crippen LogP contribution in [0.4, 0.5) is 0 Å². The minimum Gasteiger partial charge on any atom is -0.392 e. The highest BCUT2D eigenvalue weighted by Gasteiger charge is 2.15. The standard InChI is InChI=1S/C14H22ClN3O3/c15-14(12-5-4-8-18(20)9-12)16-21-11-13(19)10-17-6-2-1-3-7-17/h4-5,8,13,19-20H,1-3,6-7,9-11H2/b16-14+/t13-/m1/s1. The van der Waals surface area contributed by atoms with Crippen molar-refractivity contribution in [2.45, 2.75) is 25.4 Å². The summed E-state index contributed by atoms with van der Waals surface area (Å²) in [5.41, 5.74) is 0.659. The van der Waals surface area contributed by atoms with Gasteiger partial charge in [0.2, 0.25) is 0 Å². The number of nitrogens with zero attached hydrogens (tertiary/aromatic N) is 3. The van der Waals surface area contributed by atoms with Gasteiger partial charge in [0, 0.05) is 18.3 Å². The zero-order valence-corrected chi connectivity index (χ0v) is 12.7. The van der Waals surface area contributed by atoms with E-state index in [1.807, 2.05) is 0 Å². The molecule has 0 saturated carbocycles. The molecule has 2 aliphatic heterocycles. The molecule has 0 bridgehead atoms. The van der Waals surface area contributed by atoms with Crippen LogP contribution in [0.25, 0.3) is 0 Å². The first-order chi connectivity index (χ1) is 10.1. The molecule has 2 aliphatic rings. The third kappa shape index (κ3) is 5.67. The van der Waals surface area contributed by atoms with Gasteiger partial charge in [-0.15, -0.1) is 0 Å². The monoisotopic (exact) mass is 315 g/mol. The van der Waals surface area contributed by atoms with Crippen LogP contribution in [0.1, 0.15) is 19.3 Å². The van der Waals surface area contributed by atoms with Crippen LogP contribution in [-0.2, 0) is 4.84 Å². The molecule has 2 heterocycles. The summed E-state index contributed by atoms with van der Waals surface area (Å²) in [7, 11) is 0. The number of β-amino-alcohol motifs (C(OH)–C–C–N with tert-alkyl or cyclic N) is 1. The van der Waals surface area contributed by atoms with Crippen molar-refractivity contribution in [3.8, 4) is 0 Å². The maximum absolute atomic E-state index is 9.91. The van der Waals surface area contributed by atoms with Crippen LogP contribution >= 0.6 is 11.6 Å². The Balaban J connectivity index is 1.70. The Kier molecular flexibility index (Phi) is 6.50. The zero-order valence-electron chi connectivity index (χ0n) is 12.0. The van der Waals surface area contributed by atoms with E-state index in [9.17, 15) is 10.3 Å². The van der Waals surface area contributed by atoms with Crippen LogP contribution in [0.3, 0.4) is 0 Å². The summed E-state index contributed by atoms with van der Waals surface area (Å²) in [6, 6.07) is 0. The molecule has 1 saturated heterocycles. The highest BCUT2D eigenvalue weighted by Crippen LogP contribution is 2.11. The van der Waals surface area contributed by atoms with Crippen molar-refractivity contribution in [3.05, 3.63) is 23.9 Å². The molecule has 2 rings (SSSR count). The SMILES string of the molecule is O[C@@H](CO/N=C(/Cl)C1=CC=CN(O)C1)CN1CCCCC1. The molecule has 0 amide bonds. The summed E-state index contributed by atoms with van der Waals surface area (Å²) >= 11 is 5.99. The normalized spacial score (nSPS) is 22.1. The van der Waals surface area contributed by atoms with E-state index < -0.39 is 6.10 Å². The van der Waals surface area contributed by atoms with Gasteiger partial charge < -0.3 is 14.8 Å². The van der Waals surface area contributed by atoms with Crippen molar-refractivity contribution in [2.75, 3.05) is 32.8 Å². The minimum absolute atomic E-state index is 0.110. The number of likely N-dealkylation sites (tertiary alicyclic amines) is 1. The summed E-state index contributed by atoms with van der Waals surface area (Å²) < 4.78 is 0. The Hall–Kier alpha value is -1.08. The molecule has 0 spiro atoms. The number of halogens is 1. The summed E-state index contributed by atoms with van der Waals surface area (Å²) in [5.74, 6) is 0. The fraction of sp³-hybridized carbons (Fsp3) is 0.643. The molecule has 0 aromatic heterocycles. The molecule has 118 valence electrons. The number of hydrogen-bond donors (Lipinski definition) is 2. The van der Waals surface area contributed by atoms with Crippen LogP contribution in [0.15, 0.2) is 29.1 Å². The van der Waals surface area contributed by atoms with Gasteiger partial charge in [0.05, 0.1) is 6.54 Å². The molecule has 7 heteroatoms. The molecule has 0 aromatic carbocycles. The highest BCUT2D eigenvalue weighted by molar-refractivity contribution is 6.69. The van der Waals surface area contributed by atoms with Gasteiger partial charge in [0.25, 0.3) is 0 Å². The number of allylic oxidation sites excluding steroid dienone is 2. The maximum atomic E-state index is 9.91. The third-order valence-electron chi connectivity index (χ3n) is 3.48. The van der Waals surface area contributed by atoms with Gasteiger partial charge in [0.15, 0.2) is 5.17 Å². The Morgan fingerprint density at radius 1 is 1.38 bits per heavy atom. The molecular formula is C14H22ClN3O3. The molecule has 2 N–H and O–H groups in total. The number of aliphatic hydroxyl groups is 1. The molecule has 6 nitrogen and oxygen atoms in total. The quantitative estimate of drug-likeness (QED) is 0.575. The van der Waals surface area contributed by atoms with Crippen LogP contribution < -0.4 is 0 Å². The first-order valence-corrected chi connectivity index (χ1v) is 7.62. The van der Waals surface area contributed by atoms with Crippen molar-refractivity contribution in [1.82, 2.24) is 9.96 Å². The van der Waals surface area contributed by atoms with Crippen LogP contribution in [0, 0.1) is 0 Å². The van der Waals surface area contributed by atoms with Gasteiger partial charge in [-0.2, -0.15) is 0 Å². The fourth-order valence-electron chi connectivity index (χ4n) is 2.40. The number of oxime groups is 1. The lowest BCUT2D eigenvalue weighted by atomic mass is 10.1. The van der Waals surface area contributed by atoms with Gasteiger partial charge in [-0.05, 0) is 32.0 Å². The van der Waals surface area contributed by atoms with Gasteiger partial charge >= 0.3 is 0 Å². The van der Waals surface area contributed by atoms with Crippen LogP contribution in [0.2, 0.25) is 0 Å². The second kappa shape index (κ2) is 8.38. The Morgan fingerprint density at radius 3 is 2.86 bits per heavy atom. The minimum atomic E-state index is -0.578. The topological polar surface area (TPSA) is 68.5 Å². The van der Waals surface area contributed by atoms with Gasteiger partial charge in [0.1, 0.15) is 12.7 Å². The van der Waals surface area contributed by atoms with E-state index in [4.69, 9.17) is 16.4 Å². The maximum Gasteiger partial charge on any atom is 0.173 e. The Labute approximate surface area is 129 Å². The second-order valence-corrected chi connectivity index (χ2v) is 5.68. The zero-order chi connectivity index (χ0) is 15.1. The van der Waals surface area contributed by atoms with E-state index >= 15 is 0 Å². The Bertz CT molecular complexity index is 420. The van der Waals surface area contributed by atoms with Crippen molar-refractivity contribution >= 4 is 16.8 Å². The van der Waals surface area contributed by atoms with Crippen LogP contribution in [-0.4, -0.2) is 64.3 Å². The summed E-state index contributed by atoms with van der Waals surface area (Å²) in [5, 5.41) is 24.2. The van der Waals surface area contributed by atoms with Gasteiger partial charge in [-0.3, -0.25) is 10.3 Å². The van der Waals surface area contributed by atoms with E-state index in [1.54, 1.807) is 12.2 Å². The molecule has 21 heavy (non-hydrogen) atoms. The molecule has 0 radical (unpaired) electrons. The molecule has 1 fully saturated rings. The number of hydroxylamine groups is 2. The lowest BCUT2D eigenvalue weighted by molar-refractivity contribution is -0.0317. The van der Waals surface area contributed by atoms with Crippen molar-refractivity contribution in [1.29, 1.82) is 0 Å². The lowest BCUT2D eigenvalue weighted by Crippen LogP contribution is -2.38. The highest BCUT2D eigenvalue weighted by atomic mass is 35.5. The van der Waals surface area contributed by atoms with E-state index in [2.05, 4.69) is 10.1 Å². The average molecular weight is 316 g/mol. The largest absolute Gasteiger partial charge is 0.392 e.